The van der Waals surface area contributed by atoms with Gasteiger partial charge in [-0.3, -0.25) is 14.4 Å². The minimum absolute atomic E-state index is 0.187. The van der Waals surface area contributed by atoms with Crippen LogP contribution in [0.25, 0.3) is 10.9 Å². The predicted octanol–water partition coefficient (Wildman–Crippen LogP) is 3.19. The first-order chi connectivity index (χ1) is 16.8. The number of nitrogens with zero attached hydrogens (tertiary/aromatic N) is 3. The number of carbonyl (C=O) groups is 3. The van der Waals surface area contributed by atoms with Crippen molar-refractivity contribution in [3.63, 3.8) is 0 Å². The number of carbonyl (C=O) groups excluding carboxylic acids is 2. The molecule has 0 saturated heterocycles. The van der Waals surface area contributed by atoms with Crippen molar-refractivity contribution in [3.8, 4) is 0 Å². The van der Waals surface area contributed by atoms with Gasteiger partial charge in [0, 0.05) is 41.0 Å². The Morgan fingerprint density at radius 2 is 2.09 bits per heavy atom. The zero-order chi connectivity index (χ0) is 24.7. The Morgan fingerprint density at radius 3 is 2.89 bits per heavy atom. The second-order valence-corrected chi connectivity index (χ2v) is 10.5. The minimum atomic E-state index is -0.909. The van der Waals surface area contributed by atoms with Gasteiger partial charge in [-0.05, 0) is 51.4 Å². The van der Waals surface area contributed by atoms with Crippen molar-refractivity contribution in [2.75, 3.05) is 13.6 Å². The van der Waals surface area contributed by atoms with Crippen LogP contribution >= 0.6 is 11.3 Å². The highest BCUT2D eigenvalue weighted by Gasteiger charge is 2.34. The Balaban J connectivity index is 1.38. The summed E-state index contributed by atoms with van der Waals surface area (Å²) in [5.74, 6) is -2.31. The molecule has 2 atom stereocenters. The van der Waals surface area contributed by atoms with E-state index in [1.165, 1.54) is 11.3 Å². The number of likely N-dealkylation sites (N-methyl/N-ethyl adjacent to an activating group) is 1. The second-order valence-electron chi connectivity index (χ2n) is 9.39. The number of benzene rings is 1. The Morgan fingerprint density at radius 1 is 1.26 bits per heavy atom. The maximum atomic E-state index is 13.1. The van der Waals surface area contributed by atoms with Gasteiger partial charge < -0.3 is 20.3 Å². The molecule has 5 rings (SSSR count). The van der Waals surface area contributed by atoms with Crippen molar-refractivity contribution in [1.82, 2.24) is 20.2 Å². The molecule has 0 bridgehead atoms. The number of fused-ring (bicyclic) bond motifs is 2. The number of nitrogens with one attached hydrogen (secondary N) is 2. The summed E-state index contributed by atoms with van der Waals surface area (Å²) >= 11 is 1.37. The van der Waals surface area contributed by atoms with Crippen LogP contribution in [0.4, 0.5) is 0 Å². The van der Waals surface area contributed by atoms with Gasteiger partial charge in [-0.25, -0.2) is 9.98 Å². The van der Waals surface area contributed by atoms with E-state index in [0.717, 1.165) is 46.5 Å². The standard InChI is InChI=1S/C25H27N5O4S/c1-13-3-5-16-15(9-13)11-20(26-16)22(31)27-17-6-4-14(25(33)34)10-19(17)28-23(32)24-29-18-7-8-30(2)12-21(18)35-24/h3,5,9,11,14,19,26H,4,6-8,10,12H2,1-2H3,(H,28,32)(H,33,34)/b27-17+/t14-,19-/m1/s1. The molecule has 2 aliphatic rings. The molecule has 3 aromatic rings. The van der Waals surface area contributed by atoms with Crippen molar-refractivity contribution in [1.29, 1.82) is 0 Å². The highest BCUT2D eigenvalue weighted by molar-refractivity contribution is 7.13. The third kappa shape index (κ3) is 4.89. The zero-order valence-corrected chi connectivity index (χ0v) is 20.4. The molecule has 1 fully saturated rings. The Labute approximate surface area is 206 Å². The van der Waals surface area contributed by atoms with Crippen LogP contribution in [0.2, 0.25) is 0 Å². The van der Waals surface area contributed by atoms with Crippen LogP contribution in [0.15, 0.2) is 29.3 Å². The number of hydrogen-bond donors (Lipinski definition) is 3. The van der Waals surface area contributed by atoms with Crippen LogP contribution in [0.5, 0.6) is 0 Å². The average molecular weight is 494 g/mol. The van der Waals surface area contributed by atoms with Crippen molar-refractivity contribution in [2.24, 2.45) is 10.9 Å². The number of carboxylic acid groups (broad SMARTS) is 1. The normalized spacial score (nSPS) is 21.7. The van der Waals surface area contributed by atoms with E-state index < -0.39 is 23.8 Å². The molecule has 1 aliphatic carbocycles. The van der Waals surface area contributed by atoms with Crippen LogP contribution in [0, 0.1) is 12.8 Å². The predicted molar refractivity (Wildman–Crippen MR) is 133 cm³/mol. The number of aromatic amines is 1. The van der Waals surface area contributed by atoms with Crippen LogP contribution in [-0.4, -0.2) is 63.1 Å². The second kappa shape index (κ2) is 9.35. The first kappa shape index (κ1) is 23.4. The number of aryl methyl sites for hydroxylation is 1. The third-order valence-electron chi connectivity index (χ3n) is 6.69. The van der Waals surface area contributed by atoms with Crippen molar-refractivity contribution in [2.45, 2.75) is 45.2 Å². The molecule has 3 heterocycles. The highest BCUT2D eigenvalue weighted by Crippen LogP contribution is 2.27. The van der Waals surface area contributed by atoms with E-state index in [4.69, 9.17) is 0 Å². The van der Waals surface area contributed by atoms with Gasteiger partial charge in [-0.2, -0.15) is 0 Å². The lowest BCUT2D eigenvalue weighted by Crippen LogP contribution is -2.46. The Hall–Kier alpha value is -3.37. The number of H-pyrrole nitrogens is 1. The van der Waals surface area contributed by atoms with E-state index in [1.807, 2.05) is 32.2 Å². The van der Waals surface area contributed by atoms with E-state index in [0.29, 0.717) is 29.3 Å². The number of amides is 2. The summed E-state index contributed by atoms with van der Waals surface area (Å²) < 4.78 is 0. The van der Waals surface area contributed by atoms with Gasteiger partial charge in [0.1, 0.15) is 5.69 Å². The minimum Gasteiger partial charge on any atom is -0.481 e. The fourth-order valence-corrected chi connectivity index (χ4v) is 5.82. The van der Waals surface area contributed by atoms with Gasteiger partial charge >= 0.3 is 5.97 Å². The summed E-state index contributed by atoms with van der Waals surface area (Å²) in [5.41, 5.74) is 3.74. The molecule has 3 N–H and O–H groups in total. The smallest absolute Gasteiger partial charge is 0.306 e. The Bertz CT molecular complexity index is 1360. The van der Waals surface area contributed by atoms with Gasteiger partial charge in [-0.15, -0.1) is 11.3 Å². The molecule has 0 radical (unpaired) electrons. The molecule has 9 nitrogen and oxygen atoms in total. The molecule has 1 aliphatic heterocycles. The van der Waals surface area contributed by atoms with Crippen molar-refractivity contribution in [3.05, 3.63) is 51.1 Å². The summed E-state index contributed by atoms with van der Waals surface area (Å²) in [7, 11) is 2.03. The Kier molecular flexibility index (Phi) is 6.24. The number of carboxylic acids is 1. The van der Waals surface area contributed by atoms with Crippen molar-refractivity contribution >= 4 is 45.7 Å². The topological polar surface area (TPSA) is 128 Å². The number of hydrogen-bond acceptors (Lipinski definition) is 6. The third-order valence-corrected chi connectivity index (χ3v) is 7.78. The SMILES string of the molecule is Cc1ccc2[nH]c(C(=O)/N=C3\CC[C@@H](C(=O)O)C[C@H]3NC(=O)c3nc4c(s3)CN(C)CC4)cc2c1. The fourth-order valence-electron chi connectivity index (χ4n) is 4.73. The summed E-state index contributed by atoms with van der Waals surface area (Å²) in [6.45, 7) is 3.64. The van der Waals surface area contributed by atoms with E-state index in [1.54, 1.807) is 6.07 Å². The molecule has 1 aromatic carbocycles. The highest BCUT2D eigenvalue weighted by atomic mass is 32.1. The van der Waals surface area contributed by atoms with Crippen LogP contribution < -0.4 is 5.32 Å². The van der Waals surface area contributed by atoms with E-state index in [2.05, 4.69) is 25.2 Å². The molecule has 10 heteroatoms. The zero-order valence-electron chi connectivity index (χ0n) is 19.6. The number of aliphatic imine (C=N–C) groups is 1. The van der Waals surface area contributed by atoms with Gasteiger partial charge in [-0.1, -0.05) is 11.6 Å². The molecule has 0 spiro atoms. The van der Waals surface area contributed by atoms with E-state index in [9.17, 15) is 19.5 Å². The lowest BCUT2D eigenvalue weighted by Gasteiger charge is -2.28. The van der Waals surface area contributed by atoms with Crippen LogP contribution in [0.1, 0.15) is 55.7 Å². The molecule has 182 valence electrons. The molecule has 35 heavy (non-hydrogen) atoms. The number of rotatable bonds is 4. The maximum Gasteiger partial charge on any atom is 0.306 e. The number of thiazole rings is 1. The maximum absolute atomic E-state index is 13.1. The quantitative estimate of drug-likeness (QED) is 0.512. The summed E-state index contributed by atoms with van der Waals surface area (Å²) in [6.07, 6.45) is 1.68. The number of aromatic nitrogens is 2. The molecule has 2 aromatic heterocycles. The molecule has 0 unspecified atom stereocenters. The molecular formula is C25H27N5O4S. The summed E-state index contributed by atoms with van der Waals surface area (Å²) in [6, 6.07) is 6.99. The van der Waals surface area contributed by atoms with Gasteiger partial charge in [0.2, 0.25) is 0 Å². The summed E-state index contributed by atoms with van der Waals surface area (Å²) in [4.78, 5) is 52.9. The fraction of sp³-hybridized carbons (Fsp3) is 0.400. The molecular weight excluding hydrogens is 466 g/mol. The van der Waals surface area contributed by atoms with Gasteiger partial charge in [0.25, 0.3) is 11.8 Å². The number of aliphatic carboxylic acids is 1. The molecule has 2 amide bonds. The summed E-state index contributed by atoms with van der Waals surface area (Å²) in [5, 5.41) is 13.8. The molecule has 1 saturated carbocycles. The largest absolute Gasteiger partial charge is 0.481 e. The lowest BCUT2D eigenvalue weighted by molar-refractivity contribution is -0.142. The van der Waals surface area contributed by atoms with Crippen molar-refractivity contribution < 1.29 is 19.5 Å². The van der Waals surface area contributed by atoms with Crippen LogP contribution in [-0.2, 0) is 17.8 Å². The first-order valence-corrected chi connectivity index (χ1v) is 12.5. The van der Waals surface area contributed by atoms with Gasteiger partial charge in [0.15, 0.2) is 5.01 Å². The van der Waals surface area contributed by atoms with E-state index >= 15 is 0 Å². The lowest BCUT2D eigenvalue weighted by atomic mass is 9.84. The van der Waals surface area contributed by atoms with E-state index in [-0.39, 0.29) is 12.3 Å². The first-order valence-electron chi connectivity index (χ1n) is 11.7. The monoisotopic (exact) mass is 493 g/mol. The van der Waals surface area contributed by atoms with Crippen LogP contribution in [0.3, 0.4) is 0 Å². The average Bonchev–Trinajstić information content (AvgIpc) is 3.43. The van der Waals surface area contributed by atoms with Gasteiger partial charge in [0.05, 0.1) is 17.7 Å².